The Morgan fingerprint density at radius 1 is 1.38 bits per heavy atom. The van der Waals surface area contributed by atoms with E-state index in [1.807, 2.05) is 13.0 Å². The fourth-order valence-electron chi connectivity index (χ4n) is 1.90. The summed E-state index contributed by atoms with van der Waals surface area (Å²) in [6.07, 6.45) is 1.81. The van der Waals surface area contributed by atoms with Crippen molar-refractivity contribution in [2.75, 3.05) is 19.1 Å². The molecule has 0 aromatic heterocycles. The average molecular weight is 311 g/mol. The first kappa shape index (κ1) is 17.5. The van der Waals surface area contributed by atoms with Gasteiger partial charge < -0.3 is 10.6 Å². The summed E-state index contributed by atoms with van der Waals surface area (Å²) in [6, 6.07) is 8.30. The third-order valence-electron chi connectivity index (χ3n) is 3.07. The Bertz CT molecular complexity index is 582. The van der Waals surface area contributed by atoms with Crippen LogP contribution in [0.4, 0.5) is 0 Å². The minimum Gasteiger partial charge on any atom is -0.354 e. The topological polar surface area (TPSA) is 70.6 Å². The number of nitrogens with zero attached hydrogens (tertiary/aromatic N) is 1. The van der Waals surface area contributed by atoms with Crippen LogP contribution < -0.4 is 10.6 Å². The molecule has 1 aromatic carbocycles. The van der Waals surface area contributed by atoms with Gasteiger partial charge in [-0.2, -0.15) is 0 Å². The van der Waals surface area contributed by atoms with Crippen LogP contribution in [0.25, 0.3) is 0 Å². The van der Waals surface area contributed by atoms with E-state index in [1.54, 1.807) is 7.05 Å². The predicted molar refractivity (Wildman–Crippen MR) is 88.3 cm³/mol. The number of guanidine groups is 1. The van der Waals surface area contributed by atoms with Gasteiger partial charge in [-0.1, -0.05) is 29.8 Å². The van der Waals surface area contributed by atoms with Crippen LogP contribution in [0, 0.1) is 6.92 Å². The third-order valence-corrected chi connectivity index (χ3v) is 4.05. The molecule has 0 aliphatic rings. The molecule has 0 spiro atoms. The van der Waals surface area contributed by atoms with Gasteiger partial charge in [-0.15, -0.1) is 0 Å². The molecule has 2 N–H and O–H groups in total. The van der Waals surface area contributed by atoms with Gasteiger partial charge in [0.2, 0.25) is 0 Å². The molecule has 1 rings (SSSR count). The lowest BCUT2D eigenvalue weighted by Crippen LogP contribution is -2.42. The second-order valence-corrected chi connectivity index (χ2v) is 7.64. The molecule has 1 unspecified atom stereocenters. The number of aliphatic imine (C=N–C) groups is 1. The highest BCUT2D eigenvalue weighted by Crippen LogP contribution is 2.03. The number of benzene rings is 1. The Labute approximate surface area is 127 Å². The normalized spacial score (nSPS) is 13.8. The number of hydrogen-bond acceptors (Lipinski definition) is 3. The standard InChI is InChI=1S/C15H25N3O2S/c1-12-6-5-7-14(10-12)11-17-15(16-3)18-13(2)8-9-21(4,19)20/h5-7,10,13H,8-9,11H2,1-4H3,(H2,16,17,18). The third kappa shape index (κ3) is 7.70. The van der Waals surface area contributed by atoms with Crippen molar-refractivity contribution in [2.45, 2.75) is 32.9 Å². The minimum atomic E-state index is -2.92. The van der Waals surface area contributed by atoms with Crippen molar-refractivity contribution < 1.29 is 8.42 Å². The summed E-state index contributed by atoms with van der Waals surface area (Å²) in [5.74, 6) is 0.855. The summed E-state index contributed by atoms with van der Waals surface area (Å²) in [5.41, 5.74) is 2.40. The van der Waals surface area contributed by atoms with Crippen LogP contribution in [0.2, 0.25) is 0 Å². The van der Waals surface area contributed by atoms with E-state index in [0.29, 0.717) is 18.9 Å². The first-order valence-corrected chi connectivity index (χ1v) is 9.06. The maximum absolute atomic E-state index is 11.2. The van der Waals surface area contributed by atoms with Crippen molar-refractivity contribution in [1.82, 2.24) is 10.6 Å². The lowest BCUT2D eigenvalue weighted by Gasteiger charge is -2.17. The highest BCUT2D eigenvalue weighted by atomic mass is 32.2. The van der Waals surface area contributed by atoms with Gasteiger partial charge in [0.15, 0.2) is 5.96 Å². The molecule has 6 heteroatoms. The van der Waals surface area contributed by atoms with E-state index in [9.17, 15) is 8.42 Å². The van der Waals surface area contributed by atoms with Gasteiger partial charge in [0.1, 0.15) is 9.84 Å². The average Bonchev–Trinajstić information content (AvgIpc) is 2.40. The maximum Gasteiger partial charge on any atom is 0.191 e. The Kier molecular flexibility index (Phi) is 6.68. The fraction of sp³-hybridized carbons (Fsp3) is 0.533. The lowest BCUT2D eigenvalue weighted by molar-refractivity contribution is 0.581. The van der Waals surface area contributed by atoms with Gasteiger partial charge in [-0.05, 0) is 25.8 Å². The molecular weight excluding hydrogens is 286 g/mol. The summed E-state index contributed by atoms with van der Waals surface area (Å²) in [6.45, 7) is 4.69. The highest BCUT2D eigenvalue weighted by molar-refractivity contribution is 7.90. The molecule has 1 atom stereocenters. The van der Waals surface area contributed by atoms with Crippen molar-refractivity contribution in [2.24, 2.45) is 4.99 Å². The van der Waals surface area contributed by atoms with E-state index < -0.39 is 9.84 Å². The highest BCUT2D eigenvalue weighted by Gasteiger charge is 2.09. The molecule has 0 fully saturated rings. The van der Waals surface area contributed by atoms with Crippen LogP contribution in [-0.4, -0.2) is 39.5 Å². The fourth-order valence-corrected chi connectivity index (χ4v) is 2.68. The van der Waals surface area contributed by atoms with Crippen molar-refractivity contribution in [1.29, 1.82) is 0 Å². The van der Waals surface area contributed by atoms with Crippen molar-refractivity contribution in [3.05, 3.63) is 35.4 Å². The Balaban J connectivity index is 2.45. The molecule has 118 valence electrons. The van der Waals surface area contributed by atoms with E-state index >= 15 is 0 Å². The summed E-state index contributed by atoms with van der Waals surface area (Å²) in [7, 11) is -1.22. The van der Waals surface area contributed by atoms with Crippen molar-refractivity contribution >= 4 is 15.8 Å². The van der Waals surface area contributed by atoms with E-state index in [4.69, 9.17) is 0 Å². The van der Waals surface area contributed by atoms with Crippen molar-refractivity contribution in [3.8, 4) is 0 Å². The van der Waals surface area contributed by atoms with E-state index in [0.717, 1.165) is 0 Å². The number of rotatable bonds is 6. The van der Waals surface area contributed by atoms with Gasteiger partial charge in [0.05, 0.1) is 5.75 Å². The first-order chi connectivity index (χ1) is 9.80. The zero-order valence-corrected chi connectivity index (χ0v) is 14.0. The molecule has 0 aliphatic carbocycles. The molecule has 21 heavy (non-hydrogen) atoms. The second kappa shape index (κ2) is 8.02. The van der Waals surface area contributed by atoms with Crippen LogP contribution in [0.1, 0.15) is 24.5 Å². The molecule has 0 saturated heterocycles. The molecule has 0 radical (unpaired) electrons. The number of nitrogens with one attached hydrogen (secondary N) is 2. The van der Waals surface area contributed by atoms with E-state index in [2.05, 4.69) is 40.7 Å². The lowest BCUT2D eigenvalue weighted by atomic mass is 10.1. The van der Waals surface area contributed by atoms with Gasteiger partial charge in [-0.3, -0.25) is 4.99 Å². The monoisotopic (exact) mass is 311 g/mol. The van der Waals surface area contributed by atoms with Crippen LogP contribution in [0.5, 0.6) is 0 Å². The predicted octanol–water partition coefficient (Wildman–Crippen LogP) is 1.48. The summed E-state index contributed by atoms with van der Waals surface area (Å²) in [5, 5.41) is 6.43. The van der Waals surface area contributed by atoms with Crippen LogP contribution in [0.3, 0.4) is 0 Å². The summed E-state index contributed by atoms with van der Waals surface area (Å²) >= 11 is 0. The summed E-state index contributed by atoms with van der Waals surface area (Å²) in [4.78, 5) is 4.15. The second-order valence-electron chi connectivity index (χ2n) is 5.38. The van der Waals surface area contributed by atoms with Crippen LogP contribution in [0.15, 0.2) is 29.3 Å². The Morgan fingerprint density at radius 3 is 2.67 bits per heavy atom. The molecule has 0 bridgehead atoms. The SMILES string of the molecule is CN=C(NCc1cccc(C)c1)NC(C)CCS(C)(=O)=O. The molecule has 0 aliphatic heterocycles. The van der Waals surface area contributed by atoms with Crippen LogP contribution >= 0.6 is 0 Å². The quantitative estimate of drug-likeness (QED) is 0.617. The minimum absolute atomic E-state index is 0.0448. The van der Waals surface area contributed by atoms with E-state index in [-0.39, 0.29) is 11.8 Å². The zero-order valence-electron chi connectivity index (χ0n) is 13.2. The van der Waals surface area contributed by atoms with E-state index in [1.165, 1.54) is 17.4 Å². The number of hydrogen-bond donors (Lipinski definition) is 2. The van der Waals surface area contributed by atoms with Gasteiger partial charge in [-0.25, -0.2) is 8.42 Å². The maximum atomic E-state index is 11.2. The Morgan fingerprint density at radius 2 is 2.10 bits per heavy atom. The molecule has 0 heterocycles. The Hall–Kier alpha value is -1.56. The van der Waals surface area contributed by atoms with Gasteiger partial charge >= 0.3 is 0 Å². The summed E-state index contributed by atoms with van der Waals surface area (Å²) < 4.78 is 22.3. The zero-order chi connectivity index (χ0) is 15.9. The largest absolute Gasteiger partial charge is 0.354 e. The van der Waals surface area contributed by atoms with Gasteiger partial charge in [0, 0.05) is 25.9 Å². The number of aryl methyl sites for hydroxylation is 1. The molecule has 0 saturated carbocycles. The smallest absolute Gasteiger partial charge is 0.191 e. The molecule has 5 nitrogen and oxygen atoms in total. The molecular formula is C15H25N3O2S. The first-order valence-electron chi connectivity index (χ1n) is 7.00. The molecule has 1 aromatic rings. The van der Waals surface area contributed by atoms with Crippen molar-refractivity contribution in [3.63, 3.8) is 0 Å². The molecule has 0 amide bonds. The van der Waals surface area contributed by atoms with Crippen LogP contribution in [-0.2, 0) is 16.4 Å². The number of sulfone groups is 1. The van der Waals surface area contributed by atoms with Gasteiger partial charge in [0.25, 0.3) is 0 Å².